The molecule has 0 unspecified atom stereocenters. The molecule has 0 aromatic rings. The molecule has 30 heavy (non-hydrogen) atoms. The van der Waals surface area contributed by atoms with Crippen molar-refractivity contribution in [1.82, 2.24) is 15.5 Å². The van der Waals surface area contributed by atoms with Gasteiger partial charge >= 0.3 is 0 Å². The molecule has 2 amide bonds. The number of piperidine rings is 1. The first kappa shape index (κ1) is 22.1. The minimum atomic E-state index is -0.415. The van der Waals surface area contributed by atoms with Crippen molar-refractivity contribution >= 4 is 11.8 Å². The van der Waals surface area contributed by atoms with E-state index < -0.39 is 6.04 Å². The van der Waals surface area contributed by atoms with Crippen LogP contribution in [0, 0.1) is 35.0 Å². The Labute approximate surface area is 183 Å². The zero-order chi connectivity index (χ0) is 21.3. The van der Waals surface area contributed by atoms with Crippen LogP contribution in [-0.2, 0) is 9.59 Å². The van der Waals surface area contributed by atoms with Crippen molar-refractivity contribution in [2.75, 3.05) is 26.2 Å². The molecule has 170 valence electrons. The minimum absolute atomic E-state index is 0.00431. The second kappa shape index (κ2) is 9.18. The van der Waals surface area contributed by atoms with Gasteiger partial charge in [-0.3, -0.25) is 9.59 Å². The summed E-state index contributed by atoms with van der Waals surface area (Å²) in [6.07, 6.45) is 10.7. The summed E-state index contributed by atoms with van der Waals surface area (Å²) in [6.45, 7) is 10.5. The minimum Gasteiger partial charge on any atom is -0.354 e. The van der Waals surface area contributed by atoms with E-state index in [1.54, 1.807) is 0 Å². The van der Waals surface area contributed by atoms with E-state index >= 15 is 0 Å². The molecule has 4 saturated carbocycles. The summed E-state index contributed by atoms with van der Waals surface area (Å²) in [4.78, 5) is 28.8. The van der Waals surface area contributed by atoms with Crippen LogP contribution >= 0.6 is 0 Å². The third-order valence-electron chi connectivity index (χ3n) is 8.58. The van der Waals surface area contributed by atoms with Gasteiger partial charge in [-0.2, -0.15) is 0 Å². The number of carbonyl (C=O) groups excluding carboxylic acids is 2. The zero-order valence-electron chi connectivity index (χ0n) is 19.4. The summed E-state index contributed by atoms with van der Waals surface area (Å²) >= 11 is 0. The lowest BCUT2D eigenvalue weighted by Gasteiger charge is -2.55. The van der Waals surface area contributed by atoms with E-state index in [9.17, 15) is 9.59 Å². The van der Waals surface area contributed by atoms with Gasteiger partial charge in [0.15, 0.2) is 0 Å². The monoisotopic (exact) mass is 417 g/mol. The SMILES string of the molecule is CC1CCN(CCCNC(=O)[C@@H](NC(=O)C23CC4CC(CC(C4)C2)C3)C(C)C)CC1. The van der Waals surface area contributed by atoms with Gasteiger partial charge in [0.2, 0.25) is 11.8 Å². The maximum absolute atomic E-state index is 13.4. The normalized spacial score (nSPS) is 34.9. The Hall–Kier alpha value is -1.10. The van der Waals surface area contributed by atoms with Gasteiger partial charge in [-0.05, 0) is 107 Å². The number of likely N-dealkylation sites (tertiary alicyclic amines) is 1. The summed E-state index contributed by atoms with van der Waals surface area (Å²) in [5.74, 6) is 3.34. The summed E-state index contributed by atoms with van der Waals surface area (Å²) in [6, 6.07) is -0.415. The summed E-state index contributed by atoms with van der Waals surface area (Å²) in [5.41, 5.74) is -0.187. The molecule has 0 radical (unpaired) electrons. The first-order chi connectivity index (χ1) is 14.3. The molecule has 1 heterocycles. The van der Waals surface area contributed by atoms with Gasteiger partial charge in [-0.1, -0.05) is 20.8 Å². The molecule has 2 N–H and O–H groups in total. The molecule has 4 aliphatic carbocycles. The lowest BCUT2D eigenvalue weighted by Crippen LogP contribution is -2.58. The van der Waals surface area contributed by atoms with Gasteiger partial charge in [-0.15, -0.1) is 0 Å². The van der Waals surface area contributed by atoms with Gasteiger partial charge in [0, 0.05) is 12.0 Å². The van der Waals surface area contributed by atoms with Gasteiger partial charge < -0.3 is 15.5 Å². The average molecular weight is 418 g/mol. The predicted molar refractivity (Wildman–Crippen MR) is 120 cm³/mol. The molecular weight excluding hydrogens is 374 g/mol. The van der Waals surface area contributed by atoms with Crippen molar-refractivity contribution in [2.24, 2.45) is 35.0 Å². The van der Waals surface area contributed by atoms with Crippen LogP contribution < -0.4 is 10.6 Å². The topological polar surface area (TPSA) is 61.4 Å². The number of rotatable bonds is 8. The molecule has 4 bridgehead atoms. The molecule has 5 aliphatic rings. The Morgan fingerprint density at radius 1 is 1.00 bits per heavy atom. The second-order valence-electron chi connectivity index (χ2n) is 11.6. The lowest BCUT2D eigenvalue weighted by atomic mass is 9.49. The third kappa shape index (κ3) is 4.87. The van der Waals surface area contributed by atoms with E-state index in [1.165, 1.54) is 45.2 Å². The van der Waals surface area contributed by atoms with Crippen LogP contribution in [0.4, 0.5) is 0 Å². The summed E-state index contributed by atoms with van der Waals surface area (Å²) < 4.78 is 0. The van der Waals surface area contributed by atoms with Crippen LogP contribution in [-0.4, -0.2) is 48.9 Å². The number of hydrogen-bond acceptors (Lipinski definition) is 3. The van der Waals surface area contributed by atoms with Gasteiger partial charge in [0.1, 0.15) is 6.04 Å². The molecule has 5 fully saturated rings. The highest BCUT2D eigenvalue weighted by molar-refractivity contribution is 5.90. The van der Waals surface area contributed by atoms with Crippen LogP contribution in [0.3, 0.4) is 0 Å². The smallest absolute Gasteiger partial charge is 0.242 e. The van der Waals surface area contributed by atoms with Crippen LogP contribution in [0.25, 0.3) is 0 Å². The highest BCUT2D eigenvalue weighted by Crippen LogP contribution is 2.60. The van der Waals surface area contributed by atoms with E-state index in [0.717, 1.165) is 55.9 Å². The van der Waals surface area contributed by atoms with E-state index in [-0.39, 0.29) is 23.1 Å². The van der Waals surface area contributed by atoms with Crippen molar-refractivity contribution in [2.45, 2.75) is 84.6 Å². The Kier molecular flexibility index (Phi) is 6.76. The zero-order valence-corrected chi connectivity index (χ0v) is 19.4. The van der Waals surface area contributed by atoms with Crippen LogP contribution in [0.2, 0.25) is 0 Å². The Morgan fingerprint density at radius 3 is 2.10 bits per heavy atom. The molecular formula is C25H43N3O2. The summed E-state index contributed by atoms with van der Waals surface area (Å²) in [5, 5.41) is 6.32. The molecule has 1 aliphatic heterocycles. The molecule has 1 saturated heterocycles. The van der Waals surface area contributed by atoms with E-state index in [4.69, 9.17) is 0 Å². The Morgan fingerprint density at radius 2 is 1.57 bits per heavy atom. The van der Waals surface area contributed by atoms with E-state index in [0.29, 0.717) is 6.54 Å². The fourth-order valence-electron chi connectivity index (χ4n) is 7.13. The van der Waals surface area contributed by atoms with Crippen molar-refractivity contribution in [3.05, 3.63) is 0 Å². The molecule has 0 aromatic heterocycles. The van der Waals surface area contributed by atoms with Gasteiger partial charge in [0.05, 0.1) is 0 Å². The number of nitrogens with zero attached hydrogens (tertiary/aromatic N) is 1. The average Bonchev–Trinajstić information content (AvgIpc) is 2.69. The van der Waals surface area contributed by atoms with Crippen LogP contribution in [0.5, 0.6) is 0 Å². The van der Waals surface area contributed by atoms with Crippen molar-refractivity contribution in [1.29, 1.82) is 0 Å². The Balaban J connectivity index is 1.25. The largest absolute Gasteiger partial charge is 0.354 e. The maximum atomic E-state index is 13.4. The first-order valence-corrected chi connectivity index (χ1v) is 12.7. The standard InChI is InChI=1S/C25H43N3O2/c1-17(2)22(23(29)26-7-4-8-28-9-5-18(3)6-10-28)27-24(30)25-14-19-11-20(15-25)13-21(12-19)16-25/h17-22H,4-16H2,1-3H3,(H,26,29)(H,27,30)/t19?,20?,21?,22-,25?/m0/s1. The molecule has 5 nitrogen and oxygen atoms in total. The number of carbonyl (C=O) groups is 2. The molecule has 0 spiro atoms. The van der Waals surface area contributed by atoms with E-state index in [1.807, 2.05) is 13.8 Å². The quantitative estimate of drug-likeness (QED) is 0.594. The Bertz CT molecular complexity index is 589. The van der Waals surface area contributed by atoms with Crippen LogP contribution in [0.1, 0.15) is 78.6 Å². The molecule has 0 aromatic carbocycles. The summed E-state index contributed by atoms with van der Waals surface area (Å²) in [7, 11) is 0. The predicted octanol–water partition coefficient (Wildman–Crippen LogP) is 3.58. The number of nitrogens with one attached hydrogen (secondary N) is 2. The first-order valence-electron chi connectivity index (χ1n) is 12.7. The van der Waals surface area contributed by atoms with Crippen molar-refractivity contribution in [3.8, 4) is 0 Å². The fourth-order valence-corrected chi connectivity index (χ4v) is 7.13. The maximum Gasteiger partial charge on any atom is 0.242 e. The van der Waals surface area contributed by atoms with Crippen molar-refractivity contribution < 1.29 is 9.59 Å². The molecule has 5 rings (SSSR count). The third-order valence-corrected chi connectivity index (χ3v) is 8.58. The highest BCUT2D eigenvalue weighted by Gasteiger charge is 2.55. The van der Waals surface area contributed by atoms with Crippen LogP contribution in [0.15, 0.2) is 0 Å². The number of hydrogen-bond donors (Lipinski definition) is 2. The van der Waals surface area contributed by atoms with E-state index in [2.05, 4.69) is 22.5 Å². The lowest BCUT2D eigenvalue weighted by molar-refractivity contribution is -0.149. The van der Waals surface area contributed by atoms with Crippen molar-refractivity contribution in [3.63, 3.8) is 0 Å². The fraction of sp³-hybridized carbons (Fsp3) is 0.920. The second-order valence-corrected chi connectivity index (χ2v) is 11.6. The molecule has 5 heteroatoms. The number of amides is 2. The highest BCUT2D eigenvalue weighted by atomic mass is 16.2. The van der Waals surface area contributed by atoms with Gasteiger partial charge in [-0.25, -0.2) is 0 Å². The molecule has 1 atom stereocenters. The van der Waals surface area contributed by atoms with Gasteiger partial charge in [0.25, 0.3) is 0 Å².